The van der Waals surface area contributed by atoms with E-state index in [1.165, 1.54) is 57.4 Å². The molecule has 1 aromatic rings. The molecule has 3 nitrogen and oxygen atoms in total. The van der Waals surface area contributed by atoms with Crippen LogP contribution in [0.2, 0.25) is 0 Å². The minimum atomic E-state index is -4.10. The van der Waals surface area contributed by atoms with Crippen molar-refractivity contribution in [1.29, 1.82) is 0 Å². The first-order valence-corrected chi connectivity index (χ1v) is 10.0. The summed E-state index contributed by atoms with van der Waals surface area (Å²) < 4.78 is 31.8. The van der Waals surface area contributed by atoms with E-state index in [0.717, 1.165) is 18.4 Å². The Bertz CT molecular complexity index is 519. The first-order chi connectivity index (χ1) is 10.6. The number of aryl methyl sites for hydroxylation is 1. The van der Waals surface area contributed by atoms with Gasteiger partial charge in [-0.1, -0.05) is 82.9 Å². The molecule has 0 unspecified atom stereocenters. The van der Waals surface area contributed by atoms with Crippen molar-refractivity contribution in [2.45, 2.75) is 82.4 Å². The summed E-state index contributed by atoms with van der Waals surface area (Å²) in [7, 11) is -4.10. The van der Waals surface area contributed by atoms with Gasteiger partial charge >= 0.3 is 59.1 Å². The molecule has 24 heavy (non-hydrogen) atoms. The Morgan fingerprint density at radius 3 is 1.75 bits per heavy atom. The van der Waals surface area contributed by atoms with Crippen LogP contribution in [0, 0.1) is 0 Å². The number of hydrogen-bond acceptors (Lipinski definition) is 2. The third-order valence-electron chi connectivity index (χ3n) is 4.05. The van der Waals surface area contributed by atoms with Crippen molar-refractivity contribution in [2.75, 3.05) is 0 Å². The maximum absolute atomic E-state index is 11.3. The zero-order valence-electron chi connectivity index (χ0n) is 13.8. The molecule has 0 fully saturated rings. The Morgan fingerprint density at radius 2 is 1.25 bits per heavy atom. The standard InChI is InChI=1S/C18H30O3S.2Na.2H/c1-2-3-4-5-6-7-8-9-10-11-14-17-15-12-13-16-18(17)22(19,20)21;;;;/h12-13,15-16H,2-11,14H2,1H3,(H,19,20,21);;;;. The Morgan fingerprint density at radius 1 is 0.792 bits per heavy atom. The summed E-state index contributed by atoms with van der Waals surface area (Å²) in [5.41, 5.74) is 0.726. The SMILES string of the molecule is CCCCCCCCCCCCc1ccccc1S(=O)(=O)O.[NaH].[NaH]. The van der Waals surface area contributed by atoms with E-state index in [-0.39, 0.29) is 64.0 Å². The van der Waals surface area contributed by atoms with Crippen LogP contribution in [0.5, 0.6) is 0 Å². The molecule has 0 atom stereocenters. The van der Waals surface area contributed by atoms with E-state index >= 15 is 0 Å². The molecule has 1 rings (SSSR count). The fourth-order valence-electron chi connectivity index (χ4n) is 2.76. The van der Waals surface area contributed by atoms with Gasteiger partial charge in [-0.3, -0.25) is 4.55 Å². The third kappa shape index (κ3) is 12.5. The van der Waals surface area contributed by atoms with Crippen LogP contribution < -0.4 is 0 Å². The molecule has 0 amide bonds. The predicted molar refractivity (Wildman–Crippen MR) is 106 cm³/mol. The van der Waals surface area contributed by atoms with Crippen molar-refractivity contribution >= 4 is 69.2 Å². The molecule has 0 radical (unpaired) electrons. The minimum absolute atomic E-state index is 0. The molecule has 0 saturated heterocycles. The zero-order chi connectivity index (χ0) is 16.3. The van der Waals surface area contributed by atoms with E-state index in [1.54, 1.807) is 12.1 Å². The quantitative estimate of drug-likeness (QED) is 0.340. The molecular formula is C18H32Na2O3S. The average molecular weight is 374 g/mol. The summed E-state index contributed by atoms with van der Waals surface area (Å²) in [5.74, 6) is 0. The van der Waals surface area contributed by atoms with Gasteiger partial charge in [0.2, 0.25) is 0 Å². The summed E-state index contributed by atoms with van der Waals surface area (Å²) in [4.78, 5) is 0.0610. The van der Waals surface area contributed by atoms with Crippen molar-refractivity contribution in [3.63, 3.8) is 0 Å². The second-order valence-corrected chi connectivity index (χ2v) is 7.40. The molecule has 0 bridgehead atoms. The van der Waals surface area contributed by atoms with Gasteiger partial charge in [-0.15, -0.1) is 0 Å². The Kier molecular flexibility index (Phi) is 18.6. The Hall–Kier alpha value is 1.13. The van der Waals surface area contributed by atoms with E-state index in [2.05, 4.69) is 6.92 Å². The van der Waals surface area contributed by atoms with Crippen molar-refractivity contribution in [3.05, 3.63) is 29.8 Å². The van der Waals surface area contributed by atoms with Crippen LogP contribution in [0.1, 0.15) is 76.7 Å². The van der Waals surface area contributed by atoms with E-state index < -0.39 is 10.1 Å². The van der Waals surface area contributed by atoms with Crippen LogP contribution in [-0.2, 0) is 16.5 Å². The fourth-order valence-corrected chi connectivity index (χ4v) is 3.52. The molecule has 0 aliphatic rings. The van der Waals surface area contributed by atoms with Crippen LogP contribution >= 0.6 is 0 Å². The normalized spacial score (nSPS) is 10.8. The first-order valence-electron chi connectivity index (χ1n) is 8.61. The van der Waals surface area contributed by atoms with Gasteiger partial charge in [0.25, 0.3) is 10.1 Å². The van der Waals surface area contributed by atoms with Crippen LogP contribution in [-0.4, -0.2) is 72.1 Å². The van der Waals surface area contributed by atoms with Crippen LogP contribution in [0.25, 0.3) is 0 Å². The predicted octanol–water partition coefficient (Wildman–Crippen LogP) is 4.10. The molecule has 130 valence electrons. The molecule has 1 N–H and O–H groups in total. The molecule has 6 heteroatoms. The van der Waals surface area contributed by atoms with Gasteiger partial charge in [-0.25, -0.2) is 0 Å². The molecule has 0 aliphatic heterocycles. The van der Waals surface area contributed by atoms with Gasteiger partial charge in [0.05, 0.1) is 4.90 Å². The van der Waals surface area contributed by atoms with E-state index in [9.17, 15) is 13.0 Å². The fraction of sp³-hybridized carbons (Fsp3) is 0.667. The zero-order valence-corrected chi connectivity index (χ0v) is 14.6. The molecular weight excluding hydrogens is 342 g/mol. The van der Waals surface area contributed by atoms with Crippen LogP contribution in [0.4, 0.5) is 0 Å². The second-order valence-electron chi connectivity index (χ2n) is 6.01. The van der Waals surface area contributed by atoms with E-state index in [0.29, 0.717) is 6.42 Å². The van der Waals surface area contributed by atoms with Crippen LogP contribution in [0.3, 0.4) is 0 Å². The summed E-state index contributed by atoms with van der Waals surface area (Å²) in [5, 5.41) is 0. The average Bonchev–Trinajstić information content (AvgIpc) is 2.48. The monoisotopic (exact) mass is 374 g/mol. The van der Waals surface area contributed by atoms with Gasteiger partial charge in [0.1, 0.15) is 0 Å². The first kappa shape index (κ1) is 27.3. The van der Waals surface area contributed by atoms with Crippen molar-refractivity contribution < 1.29 is 13.0 Å². The number of unbranched alkanes of at least 4 members (excludes halogenated alkanes) is 9. The van der Waals surface area contributed by atoms with E-state index in [4.69, 9.17) is 0 Å². The van der Waals surface area contributed by atoms with Gasteiger partial charge in [-0.05, 0) is 24.5 Å². The van der Waals surface area contributed by atoms with Crippen molar-refractivity contribution in [3.8, 4) is 0 Å². The van der Waals surface area contributed by atoms with Gasteiger partial charge < -0.3 is 0 Å². The summed E-state index contributed by atoms with van der Waals surface area (Å²) >= 11 is 0. The molecule has 0 heterocycles. The topological polar surface area (TPSA) is 54.4 Å². The molecule has 0 aromatic heterocycles. The van der Waals surface area contributed by atoms with Crippen molar-refractivity contribution in [1.82, 2.24) is 0 Å². The summed E-state index contributed by atoms with van der Waals surface area (Å²) in [6.45, 7) is 2.24. The number of benzene rings is 1. The van der Waals surface area contributed by atoms with Gasteiger partial charge in [0.15, 0.2) is 0 Å². The molecule has 0 saturated carbocycles. The third-order valence-corrected chi connectivity index (χ3v) is 5.00. The summed E-state index contributed by atoms with van der Waals surface area (Å²) in [6.07, 6.45) is 13.3. The Balaban J connectivity index is 0. The Labute approximate surface area is 192 Å². The van der Waals surface area contributed by atoms with Gasteiger partial charge in [0, 0.05) is 0 Å². The molecule has 1 aromatic carbocycles. The number of hydrogen-bond donors (Lipinski definition) is 1. The summed E-state index contributed by atoms with van der Waals surface area (Å²) in [6, 6.07) is 6.73. The van der Waals surface area contributed by atoms with Crippen LogP contribution in [0.15, 0.2) is 29.2 Å². The maximum atomic E-state index is 11.3. The van der Waals surface area contributed by atoms with Crippen molar-refractivity contribution in [2.24, 2.45) is 0 Å². The van der Waals surface area contributed by atoms with E-state index in [1.807, 2.05) is 6.07 Å². The second kappa shape index (κ2) is 16.3. The molecule has 0 aliphatic carbocycles. The van der Waals surface area contributed by atoms with Gasteiger partial charge in [-0.2, -0.15) is 8.42 Å². The molecule has 0 spiro atoms. The number of rotatable bonds is 12.